The van der Waals surface area contributed by atoms with Crippen LogP contribution in [-0.2, 0) is 20.7 Å². The highest BCUT2D eigenvalue weighted by atomic mass is 35.5. The fourth-order valence-corrected chi connectivity index (χ4v) is 3.57. The topological polar surface area (TPSA) is 55.8 Å². The maximum Gasteiger partial charge on any atom is 0.309 e. The second-order valence-electron chi connectivity index (χ2n) is 6.32. The second kappa shape index (κ2) is 7.43. The van der Waals surface area contributed by atoms with Crippen molar-refractivity contribution in [2.45, 2.75) is 26.2 Å². The van der Waals surface area contributed by atoms with Gasteiger partial charge in [-0.1, -0.05) is 11.6 Å². The zero-order chi connectivity index (χ0) is 17.1. The standard InChI is InChI=1S/C18H22ClNO4/c1-2-23-18(22)12-5-7-20(8-6-12)17(21)14-9-13-10-15(19)3-4-16(13)24-11-14/h3-4,10,12,14H,2,5-9,11H2,1H3. The van der Waals surface area contributed by atoms with Crippen molar-refractivity contribution in [3.05, 3.63) is 28.8 Å². The van der Waals surface area contributed by atoms with Crippen molar-refractivity contribution in [1.29, 1.82) is 0 Å². The highest BCUT2D eigenvalue weighted by Crippen LogP contribution is 2.31. The number of rotatable bonds is 3. The largest absolute Gasteiger partial charge is 0.492 e. The van der Waals surface area contributed by atoms with Crippen LogP contribution in [-0.4, -0.2) is 43.1 Å². The van der Waals surface area contributed by atoms with Crippen molar-refractivity contribution in [3.8, 4) is 5.75 Å². The minimum atomic E-state index is -0.185. The molecule has 0 aliphatic carbocycles. The van der Waals surface area contributed by atoms with Crippen LogP contribution in [0, 0.1) is 11.8 Å². The molecule has 2 aliphatic rings. The molecule has 1 fully saturated rings. The van der Waals surface area contributed by atoms with E-state index in [0.717, 1.165) is 11.3 Å². The number of nitrogens with zero attached hydrogens (tertiary/aromatic N) is 1. The van der Waals surface area contributed by atoms with Gasteiger partial charge < -0.3 is 14.4 Å². The zero-order valence-corrected chi connectivity index (χ0v) is 14.6. The lowest BCUT2D eigenvalue weighted by Gasteiger charge is -2.34. The summed E-state index contributed by atoms with van der Waals surface area (Å²) in [4.78, 5) is 26.4. The molecule has 1 atom stereocenters. The molecule has 1 unspecified atom stereocenters. The van der Waals surface area contributed by atoms with Crippen LogP contribution in [0.1, 0.15) is 25.3 Å². The van der Waals surface area contributed by atoms with E-state index < -0.39 is 0 Å². The first-order valence-corrected chi connectivity index (χ1v) is 8.83. The van der Waals surface area contributed by atoms with Crippen molar-refractivity contribution in [1.82, 2.24) is 4.90 Å². The predicted octanol–water partition coefficient (Wildman–Crippen LogP) is 2.69. The first-order valence-electron chi connectivity index (χ1n) is 8.45. The molecule has 130 valence electrons. The van der Waals surface area contributed by atoms with Crippen LogP contribution in [0.25, 0.3) is 0 Å². The molecular formula is C18H22ClNO4. The van der Waals surface area contributed by atoms with Gasteiger partial charge in [0.25, 0.3) is 0 Å². The zero-order valence-electron chi connectivity index (χ0n) is 13.8. The third-order valence-corrected chi connectivity index (χ3v) is 4.94. The summed E-state index contributed by atoms with van der Waals surface area (Å²) in [5.41, 5.74) is 0.980. The number of fused-ring (bicyclic) bond motifs is 1. The van der Waals surface area contributed by atoms with Crippen LogP contribution in [0.4, 0.5) is 0 Å². The van der Waals surface area contributed by atoms with E-state index in [2.05, 4.69) is 0 Å². The van der Waals surface area contributed by atoms with E-state index in [0.29, 0.717) is 50.6 Å². The summed E-state index contributed by atoms with van der Waals surface area (Å²) in [5, 5.41) is 0.653. The summed E-state index contributed by atoms with van der Waals surface area (Å²) >= 11 is 6.03. The monoisotopic (exact) mass is 351 g/mol. The SMILES string of the molecule is CCOC(=O)C1CCN(C(=O)C2COc3ccc(Cl)cc3C2)CC1. The number of likely N-dealkylation sites (tertiary alicyclic amines) is 1. The smallest absolute Gasteiger partial charge is 0.309 e. The number of amides is 1. The number of hydrogen-bond donors (Lipinski definition) is 0. The van der Waals surface area contributed by atoms with Crippen LogP contribution >= 0.6 is 11.6 Å². The number of benzene rings is 1. The van der Waals surface area contributed by atoms with Gasteiger partial charge in [-0.15, -0.1) is 0 Å². The Labute approximate surface area is 146 Å². The Bertz CT molecular complexity index is 625. The van der Waals surface area contributed by atoms with E-state index in [-0.39, 0.29) is 23.7 Å². The molecule has 0 saturated carbocycles. The van der Waals surface area contributed by atoms with Crippen molar-refractivity contribution in [3.63, 3.8) is 0 Å². The maximum atomic E-state index is 12.7. The van der Waals surface area contributed by atoms with E-state index in [1.54, 1.807) is 6.07 Å². The molecule has 0 N–H and O–H groups in total. The molecule has 5 nitrogen and oxygen atoms in total. The molecule has 1 saturated heterocycles. The Hall–Kier alpha value is -1.75. The molecular weight excluding hydrogens is 330 g/mol. The Balaban J connectivity index is 1.57. The van der Waals surface area contributed by atoms with Gasteiger partial charge >= 0.3 is 5.97 Å². The summed E-state index contributed by atoms with van der Waals surface area (Å²) in [5.74, 6) is 0.493. The van der Waals surface area contributed by atoms with Gasteiger partial charge in [-0.25, -0.2) is 0 Å². The van der Waals surface area contributed by atoms with Gasteiger partial charge in [0.1, 0.15) is 12.4 Å². The number of halogens is 1. The lowest BCUT2D eigenvalue weighted by Crippen LogP contribution is -2.45. The Morgan fingerprint density at radius 1 is 1.29 bits per heavy atom. The van der Waals surface area contributed by atoms with Gasteiger partial charge in [-0.05, 0) is 49.9 Å². The van der Waals surface area contributed by atoms with E-state index in [1.165, 1.54) is 0 Å². The molecule has 0 spiro atoms. The van der Waals surface area contributed by atoms with Gasteiger partial charge in [0.2, 0.25) is 5.91 Å². The van der Waals surface area contributed by atoms with E-state index in [9.17, 15) is 9.59 Å². The van der Waals surface area contributed by atoms with E-state index >= 15 is 0 Å². The van der Waals surface area contributed by atoms with Crippen molar-refractivity contribution < 1.29 is 19.1 Å². The Morgan fingerprint density at radius 3 is 2.75 bits per heavy atom. The number of ether oxygens (including phenoxy) is 2. The molecule has 1 aromatic rings. The van der Waals surface area contributed by atoms with Crippen LogP contribution in [0.3, 0.4) is 0 Å². The quantitative estimate of drug-likeness (QED) is 0.786. The minimum Gasteiger partial charge on any atom is -0.492 e. The molecule has 0 aromatic heterocycles. The lowest BCUT2D eigenvalue weighted by molar-refractivity contribution is -0.152. The molecule has 2 aliphatic heterocycles. The Kier molecular flexibility index (Phi) is 5.29. The van der Waals surface area contributed by atoms with E-state index in [1.807, 2.05) is 24.0 Å². The fraction of sp³-hybridized carbons (Fsp3) is 0.556. The maximum absolute atomic E-state index is 12.7. The highest BCUT2D eigenvalue weighted by molar-refractivity contribution is 6.30. The summed E-state index contributed by atoms with van der Waals surface area (Å²) in [7, 11) is 0. The van der Waals surface area contributed by atoms with Crippen LogP contribution in [0.2, 0.25) is 5.02 Å². The van der Waals surface area contributed by atoms with Crippen molar-refractivity contribution >= 4 is 23.5 Å². The molecule has 1 aromatic carbocycles. The summed E-state index contributed by atoms with van der Waals surface area (Å²) < 4.78 is 10.8. The van der Waals surface area contributed by atoms with Crippen molar-refractivity contribution in [2.75, 3.05) is 26.3 Å². The third-order valence-electron chi connectivity index (χ3n) is 4.70. The minimum absolute atomic E-state index is 0.0869. The number of hydrogen-bond acceptors (Lipinski definition) is 4. The summed E-state index contributed by atoms with van der Waals surface area (Å²) in [6, 6.07) is 5.51. The highest BCUT2D eigenvalue weighted by Gasteiger charge is 2.33. The second-order valence-corrected chi connectivity index (χ2v) is 6.75. The third kappa shape index (κ3) is 3.66. The molecule has 24 heavy (non-hydrogen) atoms. The first-order chi connectivity index (χ1) is 11.6. The van der Waals surface area contributed by atoms with Gasteiger partial charge in [0, 0.05) is 18.1 Å². The molecule has 0 bridgehead atoms. The molecule has 3 rings (SSSR count). The van der Waals surface area contributed by atoms with Gasteiger partial charge in [0.05, 0.1) is 18.4 Å². The normalized spacial score (nSPS) is 20.9. The predicted molar refractivity (Wildman–Crippen MR) is 90.1 cm³/mol. The van der Waals surface area contributed by atoms with Crippen LogP contribution in [0.15, 0.2) is 18.2 Å². The summed E-state index contributed by atoms with van der Waals surface area (Å²) in [6.45, 7) is 3.80. The van der Waals surface area contributed by atoms with Gasteiger partial charge in [-0.2, -0.15) is 0 Å². The van der Waals surface area contributed by atoms with Gasteiger partial charge in [0.15, 0.2) is 0 Å². The molecule has 0 radical (unpaired) electrons. The van der Waals surface area contributed by atoms with E-state index in [4.69, 9.17) is 21.1 Å². The number of piperidine rings is 1. The number of carbonyl (C=O) groups is 2. The lowest BCUT2D eigenvalue weighted by atomic mass is 9.92. The average molecular weight is 352 g/mol. The fourth-order valence-electron chi connectivity index (χ4n) is 3.38. The average Bonchev–Trinajstić information content (AvgIpc) is 2.60. The Morgan fingerprint density at radius 2 is 2.04 bits per heavy atom. The van der Waals surface area contributed by atoms with Crippen LogP contribution < -0.4 is 4.74 Å². The summed E-state index contributed by atoms with van der Waals surface area (Å²) in [6.07, 6.45) is 1.98. The number of esters is 1. The molecule has 2 heterocycles. The first kappa shape index (κ1) is 17.1. The number of carbonyl (C=O) groups excluding carboxylic acids is 2. The van der Waals surface area contributed by atoms with Gasteiger partial charge in [-0.3, -0.25) is 9.59 Å². The van der Waals surface area contributed by atoms with Crippen molar-refractivity contribution in [2.24, 2.45) is 11.8 Å². The molecule has 6 heteroatoms. The van der Waals surface area contributed by atoms with Crippen LogP contribution in [0.5, 0.6) is 5.75 Å². The molecule has 1 amide bonds.